The second kappa shape index (κ2) is 7.72. The Bertz CT molecular complexity index is 450. The number of hydrogen-bond acceptors (Lipinski definition) is 2. The van der Waals surface area contributed by atoms with Crippen LogP contribution in [0.4, 0.5) is 0 Å². The highest BCUT2D eigenvalue weighted by molar-refractivity contribution is 8.00. The van der Waals surface area contributed by atoms with Gasteiger partial charge in [0.1, 0.15) is 0 Å². The molecule has 0 radical (unpaired) electrons. The predicted molar refractivity (Wildman–Crippen MR) is 86.3 cm³/mol. The molecule has 2 nitrogen and oxygen atoms in total. The molecule has 0 aromatic heterocycles. The first-order chi connectivity index (χ1) is 9.66. The highest BCUT2D eigenvalue weighted by Crippen LogP contribution is 2.23. The molecule has 1 aliphatic heterocycles. The fourth-order valence-corrected chi connectivity index (χ4v) is 3.60. The van der Waals surface area contributed by atoms with Crippen LogP contribution in [0.25, 0.3) is 0 Å². The van der Waals surface area contributed by atoms with Gasteiger partial charge in [0.05, 0.1) is 5.75 Å². The molecule has 1 aromatic carbocycles. The van der Waals surface area contributed by atoms with Gasteiger partial charge in [-0.3, -0.25) is 4.79 Å². The molecule has 110 valence electrons. The van der Waals surface area contributed by atoms with Crippen molar-refractivity contribution in [2.45, 2.75) is 50.8 Å². The van der Waals surface area contributed by atoms with Crippen molar-refractivity contribution < 1.29 is 4.79 Å². The summed E-state index contributed by atoms with van der Waals surface area (Å²) in [5, 5.41) is 0. The van der Waals surface area contributed by atoms with Crippen molar-refractivity contribution in [3.05, 3.63) is 29.3 Å². The normalized spacial score (nSPS) is 16.6. The van der Waals surface area contributed by atoms with E-state index in [2.05, 4.69) is 36.9 Å². The molecule has 2 rings (SSSR count). The molecular weight excluding hydrogens is 266 g/mol. The summed E-state index contributed by atoms with van der Waals surface area (Å²) in [7, 11) is 0. The maximum Gasteiger partial charge on any atom is 0.232 e. The lowest BCUT2D eigenvalue weighted by Crippen LogP contribution is -2.35. The van der Waals surface area contributed by atoms with Crippen LogP contribution in [0.1, 0.15) is 43.2 Å². The third kappa shape index (κ3) is 4.55. The van der Waals surface area contributed by atoms with Gasteiger partial charge in [-0.25, -0.2) is 0 Å². The maximum atomic E-state index is 12.3. The predicted octanol–water partition coefficient (Wildman–Crippen LogP) is 4.19. The van der Waals surface area contributed by atoms with Gasteiger partial charge >= 0.3 is 0 Å². The van der Waals surface area contributed by atoms with E-state index in [1.54, 1.807) is 11.8 Å². The third-order valence-corrected chi connectivity index (χ3v) is 5.05. The zero-order valence-electron chi connectivity index (χ0n) is 12.7. The number of nitrogens with zero attached hydrogens (tertiary/aromatic N) is 1. The summed E-state index contributed by atoms with van der Waals surface area (Å²) < 4.78 is 0. The van der Waals surface area contributed by atoms with E-state index in [9.17, 15) is 4.79 Å². The van der Waals surface area contributed by atoms with Crippen molar-refractivity contribution in [3.8, 4) is 0 Å². The van der Waals surface area contributed by atoms with Crippen LogP contribution in [0.2, 0.25) is 0 Å². The van der Waals surface area contributed by atoms with Gasteiger partial charge in [0.15, 0.2) is 0 Å². The van der Waals surface area contributed by atoms with Gasteiger partial charge in [0.2, 0.25) is 5.91 Å². The average Bonchev–Trinajstić information content (AvgIpc) is 2.37. The Hall–Kier alpha value is -0.960. The van der Waals surface area contributed by atoms with Crippen molar-refractivity contribution in [1.29, 1.82) is 0 Å². The summed E-state index contributed by atoms with van der Waals surface area (Å²) in [6, 6.07) is 6.44. The lowest BCUT2D eigenvalue weighted by Gasteiger charge is -2.24. The lowest BCUT2D eigenvalue weighted by atomic mass is 10.1. The number of hydrogen-bond donors (Lipinski definition) is 0. The van der Waals surface area contributed by atoms with E-state index in [4.69, 9.17) is 0 Å². The zero-order chi connectivity index (χ0) is 14.4. The standard InChI is InChI=1S/C17H25NOS/c1-14-8-9-16(15(2)12-14)20-13-17(19)18-10-6-4-3-5-7-11-18/h8-9,12H,3-7,10-11,13H2,1-2H3. The summed E-state index contributed by atoms with van der Waals surface area (Å²) in [6.07, 6.45) is 6.21. The molecule has 1 fully saturated rings. The molecule has 1 aromatic rings. The second-order valence-electron chi connectivity index (χ2n) is 5.71. The minimum atomic E-state index is 0.303. The number of likely N-dealkylation sites (tertiary alicyclic amines) is 1. The number of amides is 1. The first-order valence-electron chi connectivity index (χ1n) is 7.64. The van der Waals surface area contributed by atoms with Crippen molar-refractivity contribution in [2.24, 2.45) is 0 Å². The number of carbonyl (C=O) groups excluding carboxylic acids is 1. The molecule has 0 atom stereocenters. The van der Waals surface area contributed by atoms with Crippen LogP contribution in [0.15, 0.2) is 23.1 Å². The number of carbonyl (C=O) groups is 1. The van der Waals surface area contributed by atoms with E-state index in [-0.39, 0.29) is 0 Å². The molecule has 20 heavy (non-hydrogen) atoms. The van der Waals surface area contributed by atoms with E-state index in [1.807, 2.05) is 0 Å². The van der Waals surface area contributed by atoms with Gasteiger partial charge < -0.3 is 4.90 Å². The highest BCUT2D eigenvalue weighted by Gasteiger charge is 2.15. The summed E-state index contributed by atoms with van der Waals surface area (Å²) in [6.45, 7) is 6.13. The maximum absolute atomic E-state index is 12.3. The van der Waals surface area contributed by atoms with Crippen molar-refractivity contribution in [3.63, 3.8) is 0 Å². The van der Waals surface area contributed by atoms with Crippen LogP contribution in [-0.2, 0) is 4.79 Å². The van der Waals surface area contributed by atoms with Crippen LogP contribution in [0.5, 0.6) is 0 Å². The minimum absolute atomic E-state index is 0.303. The molecule has 1 heterocycles. The van der Waals surface area contributed by atoms with Crippen LogP contribution in [-0.4, -0.2) is 29.6 Å². The first-order valence-corrected chi connectivity index (χ1v) is 8.63. The molecule has 1 saturated heterocycles. The van der Waals surface area contributed by atoms with Gasteiger partial charge in [0.25, 0.3) is 0 Å². The number of aryl methyl sites for hydroxylation is 2. The quantitative estimate of drug-likeness (QED) is 0.778. The molecule has 1 aliphatic rings. The van der Waals surface area contributed by atoms with Crippen LogP contribution in [0.3, 0.4) is 0 Å². The topological polar surface area (TPSA) is 20.3 Å². The molecule has 0 saturated carbocycles. The van der Waals surface area contributed by atoms with Crippen molar-refractivity contribution >= 4 is 17.7 Å². The zero-order valence-corrected chi connectivity index (χ0v) is 13.5. The Labute approximate surface area is 126 Å². The Kier molecular flexibility index (Phi) is 5.96. The molecule has 3 heteroatoms. The number of thioether (sulfide) groups is 1. The average molecular weight is 291 g/mol. The van der Waals surface area contributed by atoms with E-state index < -0.39 is 0 Å². The van der Waals surface area contributed by atoms with E-state index in [0.29, 0.717) is 11.7 Å². The molecule has 1 amide bonds. The highest BCUT2D eigenvalue weighted by atomic mass is 32.2. The van der Waals surface area contributed by atoms with E-state index in [1.165, 1.54) is 48.1 Å². The van der Waals surface area contributed by atoms with Gasteiger partial charge in [0, 0.05) is 18.0 Å². The molecular formula is C17H25NOS. The van der Waals surface area contributed by atoms with E-state index in [0.717, 1.165) is 13.1 Å². The second-order valence-corrected chi connectivity index (χ2v) is 6.72. The number of rotatable bonds is 3. The Morgan fingerprint density at radius 3 is 2.40 bits per heavy atom. The summed E-state index contributed by atoms with van der Waals surface area (Å²) >= 11 is 1.68. The minimum Gasteiger partial charge on any atom is -0.342 e. The molecule has 0 aliphatic carbocycles. The Balaban J connectivity index is 1.87. The molecule has 0 spiro atoms. The molecule has 0 N–H and O–H groups in total. The third-order valence-electron chi connectivity index (χ3n) is 3.89. The lowest BCUT2D eigenvalue weighted by molar-refractivity contribution is -0.128. The SMILES string of the molecule is Cc1ccc(SCC(=O)N2CCCCCCC2)c(C)c1. The summed E-state index contributed by atoms with van der Waals surface area (Å²) in [4.78, 5) is 15.6. The van der Waals surface area contributed by atoms with Crippen LogP contribution >= 0.6 is 11.8 Å². The van der Waals surface area contributed by atoms with Gasteiger partial charge in [-0.05, 0) is 38.3 Å². The first kappa shape index (κ1) is 15.4. The fourth-order valence-electron chi connectivity index (χ4n) is 2.69. The van der Waals surface area contributed by atoms with Gasteiger partial charge in [-0.1, -0.05) is 37.0 Å². The van der Waals surface area contributed by atoms with Gasteiger partial charge in [-0.2, -0.15) is 0 Å². The summed E-state index contributed by atoms with van der Waals surface area (Å²) in [5.74, 6) is 0.876. The fraction of sp³-hybridized carbons (Fsp3) is 0.588. The van der Waals surface area contributed by atoms with Crippen LogP contribution < -0.4 is 0 Å². The number of benzene rings is 1. The van der Waals surface area contributed by atoms with Gasteiger partial charge in [-0.15, -0.1) is 11.8 Å². The Morgan fingerprint density at radius 1 is 1.10 bits per heavy atom. The molecule has 0 bridgehead atoms. The largest absolute Gasteiger partial charge is 0.342 e. The van der Waals surface area contributed by atoms with E-state index >= 15 is 0 Å². The van der Waals surface area contributed by atoms with Crippen molar-refractivity contribution in [1.82, 2.24) is 4.90 Å². The van der Waals surface area contributed by atoms with Crippen LogP contribution in [0, 0.1) is 13.8 Å². The monoisotopic (exact) mass is 291 g/mol. The molecule has 0 unspecified atom stereocenters. The summed E-state index contributed by atoms with van der Waals surface area (Å²) in [5.41, 5.74) is 2.55. The van der Waals surface area contributed by atoms with Crippen molar-refractivity contribution in [2.75, 3.05) is 18.8 Å². The smallest absolute Gasteiger partial charge is 0.232 e. The Morgan fingerprint density at radius 2 is 1.75 bits per heavy atom.